The van der Waals surface area contributed by atoms with E-state index in [1.165, 1.54) is 14.2 Å². The maximum atomic E-state index is 12.9. The first kappa shape index (κ1) is 23.7. The van der Waals surface area contributed by atoms with Crippen molar-refractivity contribution in [3.05, 3.63) is 108 Å². The van der Waals surface area contributed by atoms with E-state index in [1.54, 1.807) is 0 Å². The van der Waals surface area contributed by atoms with E-state index in [1.807, 2.05) is 97.1 Å². The van der Waals surface area contributed by atoms with Crippen LogP contribution in [0.5, 0.6) is 0 Å². The molecule has 3 rings (SSSR count). The lowest BCUT2D eigenvalue weighted by molar-refractivity contribution is -0.146. The van der Waals surface area contributed by atoms with Gasteiger partial charge in [-0.15, -0.1) is 0 Å². The molecule has 0 saturated carbocycles. The Hall–Kier alpha value is -3.95. The quantitative estimate of drug-likeness (QED) is 0.400. The van der Waals surface area contributed by atoms with Gasteiger partial charge in [0.1, 0.15) is 12.0 Å². The van der Waals surface area contributed by atoms with Gasteiger partial charge in [0.2, 0.25) is 0 Å². The number of hydrogen-bond donors (Lipinski definition) is 1. The van der Waals surface area contributed by atoms with Gasteiger partial charge in [-0.3, -0.25) is 14.9 Å². The summed E-state index contributed by atoms with van der Waals surface area (Å²) in [5, 5.41) is 13.0. The third-order valence-corrected chi connectivity index (χ3v) is 5.61. The van der Waals surface area contributed by atoms with Crippen LogP contribution in [0.1, 0.15) is 23.1 Å². The smallest absolute Gasteiger partial charge is 0.323 e. The Bertz CT molecular complexity index is 999. The molecule has 0 aliphatic carbocycles. The second-order valence-corrected chi connectivity index (χ2v) is 7.51. The van der Waals surface area contributed by atoms with Crippen LogP contribution in [0, 0.1) is 17.2 Å². The number of hydrogen-bond acceptors (Lipinski definition) is 6. The summed E-state index contributed by atoms with van der Waals surface area (Å²) in [5.41, 5.74) is 1.72. The highest BCUT2D eigenvalue weighted by Crippen LogP contribution is 2.37. The van der Waals surface area contributed by atoms with Gasteiger partial charge in [-0.1, -0.05) is 91.0 Å². The second kappa shape index (κ2) is 11.1. The Morgan fingerprint density at radius 3 is 1.52 bits per heavy atom. The second-order valence-electron chi connectivity index (χ2n) is 7.51. The van der Waals surface area contributed by atoms with Crippen LogP contribution >= 0.6 is 0 Å². The van der Waals surface area contributed by atoms with Crippen LogP contribution in [-0.4, -0.2) is 32.2 Å². The number of carbonyl (C=O) groups is 2. The van der Waals surface area contributed by atoms with Crippen molar-refractivity contribution in [1.82, 2.24) is 5.32 Å². The maximum Gasteiger partial charge on any atom is 0.323 e. The topological polar surface area (TPSA) is 88.4 Å². The molecule has 0 bridgehead atoms. The molecule has 0 spiro atoms. The summed E-state index contributed by atoms with van der Waals surface area (Å²) in [6.45, 7) is 0. The zero-order valence-electron chi connectivity index (χ0n) is 18.6. The summed E-state index contributed by atoms with van der Waals surface area (Å²) in [4.78, 5) is 25.0. The molecule has 0 saturated heterocycles. The molecule has 0 aliphatic heterocycles. The molecule has 0 heterocycles. The molecule has 1 unspecified atom stereocenters. The average Bonchev–Trinajstić information content (AvgIpc) is 2.89. The lowest BCUT2D eigenvalue weighted by Crippen LogP contribution is -2.53. The van der Waals surface area contributed by atoms with Crippen molar-refractivity contribution >= 4 is 11.9 Å². The summed E-state index contributed by atoms with van der Waals surface area (Å²) in [6.07, 6.45) is -0.107. The number of rotatable bonds is 9. The SMILES string of the molecule is COC(=O)C(C#N)C[C@H](NC(c1ccccc1)(c1ccccc1)c1ccccc1)C(=O)OC. The van der Waals surface area contributed by atoms with Crippen molar-refractivity contribution in [2.45, 2.75) is 18.0 Å². The highest BCUT2D eigenvalue weighted by Gasteiger charge is 2.41. The molecule has 6 heteroatoms. The molecular weight excluding hydrogens is 416 g/mol. The van der Waals surface area contributed by atoms with Gasteiger partial charge in [-0.2, -0.15) is 5.26 Å². The number of nitriles is 1. The third kappa shape index (κ3) is 5.11. The Labute approximate surface area is 193 Å². The number of methoxy groups -OCH3 is 2. The first-order valence-corrected chi connectivity index (χ1v) is 10.6. The van der Waals surface area contributed by atoms with E-state index < -0.39 is 29.4 Å². The largest absolute Gasteiger partial charge is 0.468 e. The monoisotopic (exact) mass is 442 g/mol. The minimum Gasteiger partial charge on any atom is -0.468 e. The first-order chi connectivity index (χ1) is 16.1. The zero-order valence-corrected chi connectivity index (χ0v) is 18.6. The Morgan fingerprint density at radius 2 is 1.18 bits per heavy atom. The van der Waals surface area contributed by atoms with E-state index in [9.17, 15) is 14.9 Å². The number of esters is 2. The van der Waals surface area contributed by atoms with Gasteiger partial charge in [0.15, 0.2) is 0 Å². The predicted molar refractivity (Wildman–Crippen MR) is 124 cm³/mol. The number of ether oxygens (including phenoxy) is 2. The normalized spacial score (nSPS) is 12.8. The standard InChI is InChI=1S/C27H26N2O4/c1-32-25(30)20(19-28)18-24(26(31)33-2)29-27(21-12-6-3-7-13-21,22-14-8-4-9-15-22)23-16-10-5-11-17-23/h3-17,20,24,29H,18H2,1-2H3/t20?,24-/m0/s1. The van der Waals surface area contributed by atoms with E-state index in [-0.39, 0.29) is 6.42 Å². The summed E-state index contributed by atoms with van der Waals surface area (Å²) < 4.78 is 9.82. The van der Waals surface area contributed by atoms with Crippen molar-refractivity contribution < 1.29 is 19.1 Å². The zero-order chi connectivity index (χ0) is 23.7. The maximum absolute atomic E-state index is 12.9. The van der Waals surface area contributed by atoms with Crippen LogP contribution in [-0.2, 0) is 24.6 Å². The summed E-state index contributed by atoms with van der Waals surface area (Å²) in [7, 11) is 2.50. The molecule has 0 amide bonds. The van der Waals surface area contributed by atoms with Crippen molar-refractivity contribution in [2.24, 2.45) is 5.92 Å². The van der Waals surface area contributed by atoms with Crippen LogP contribution < -0.4 is 5.32 Å². The number of nitrogens with one attached hydrogen (secondary N) is 1. The molecule has 0 radical (unpaired) electrons. The number of nitrogens with zero attached hydrogens (tertiary/aromatic N) is 1. The van der Waals surface area contributed by atoms with Gasteiger partial charge in [-0.25, -0.2) is 0 Å². The minimum atomic E-state index is -1.13. The molecular formula is C27H26N2O4. The fourth-order valence-corrected chi connectivity index (χ4v) is 4.01. The Balaban J connectivity index is 2.22. The first-order valence-electron chi connectivity index (χ1n) is 10.6. The molecule has 0 fully saturated rings. The molecule has 1 N–H and O–H groups in total. The fraction of sp³-hybridized carbons (Fsp3) is 0.222. The average molecular weight is 443 g/mol. The lowest BCUT2D eigenvalue weighted by atomic mass is 9.76. The van der Waals surface area contributed by atoms with Crippen molar-refractivity contribution in [2.75, 3.05) is 14.2 Å². The fourth-order valence-electron chi connectivity index (χ4n) is 4.01. The third-order valence-electron chi connectivity index (χ3n) is 5.61. The van der Waals surface area contributed by atoms with Crippen molar-refractivity contribution in [3.8, 4) is 6.07 Å². The summed E-state index contributed by atoms with van der Waals surface area (Å²) in [6, 6.07) is 30.2. The Morgan fingerprint density at radius 1 is 0.788 bits per heavy atom. The van der Waals surface area contributed by atoms with Crippen molar-refractivity contribution in [3.63, 3.8) is 0 Å². The van der Waals surface area contributed by atoms with Gasteiger partial charge in [0.05, 0.1) is 25.8 Å². The predicted octanol–water partition coefficient (Wildman–Crippen LogP) is 3.81. The number of benzene rings is 3. The number of carbonyl (C=O) groups excluding carboxylic acids is 2. The molecule has 168 valence electrons. The molecule has 0 aliphatic rings. The van der Waals surface area contributed by atoms with Crippen LogP contribution in [0.3, 0.4) is 0 Å². The highest BCUT2D eigenvalue weighted by molar-refractivity contribution is 5.80. The van der Waals surface area contributed by atoms with E-state index in [0.717, 1.165) is 16.7 Å². The van der Waals surface area contributed by atoms with Gasteiger partial charge in [-0.05, 0) is 23.1 Å². The van der Waals surface area contributed by atoms with E-state index in [0.29, 0.717) is 0 Å². The Kier molecular flexibility index (Phi) is 7.96. The molecule has 3 aromatic carbocycles. The molecule has 0 aromatic heterocycles. The molecule has 6 nitrogen and oxygen atoms in total. The van der Waals surface area contributed by atoms with Gasteiger partial charge in [0, 0.05) is 0 Å². The molecule has 33 heavy (non-hydrogen) atoms. The van der Waals surface area contributed by atoms with Gasteiger partial charge < -0.3 is 9.47 Å². The van der Waals surface area contributed by atoms with E-state index in [4.69, 9.17) is 9.47 Å². The van der Waals surface area contributed by atoms with Gasteiger partial charge in [0.25, 0.3) is 0 Å². The lowest BCUT2D eigenvalue weighted by Gasteiger charge is -2.39. The van der Waals surface area contributed by atoms with Crippen LogP contribution in [0.2, 0.25) is 0 Å². The van der Waals surface area contributed by atoms with Gasteiger partial charge >= 0.3 is 11.9 Å². The van der Waals surface area contributed by atoms with Crippen LogP contribution in [0.15, 0.2) is 91.0 Å². The minimum absolute atomic E-state index is 0.107. The highest BCUT2D eigenvalue weighted by atomic mass is 16.5. The molecule has 2 atom stereocenters. The van der Waals surface area contributed by atoms with Crippen LogP contribution in [0.4, 0.5) is 0 Å². The van der Waals surface area contributed by atoms with E-state index in [2.05, 4.69) is 5.32 Å². The molecule has 3 aromatic rings. The van der Waals surface area contributed by atoms with Crippen molar-refractivity contribution in [1.29, 1.82) is 5.26 Å². The van der Waals surface area contributed by atoms with E-state index >= 15 is 0 Å². The van der Waals surface area contributed by atoms with Crippen LogP contribution in [0.25, 0.3) is 0 Å². The summed E-state index contributed by atoms with van der Waals surface area (Å²) >= 11 is 0. The summed E-state index contributed by atoms with van der Waals surface area (Å²) in [5.74, 6) is -2.41.